The lowest BCUT2D eigenvalue weighted by Crippen LogP contribution is -2.57. The molecular formula is C36H46ClN7O7S2. The number of hydrogen-bond acceptors (Lipinski definition) is 13. The van der Waals surface area contributed by atoms with E-state index in [1.807, 2.05) is 33.8 Å². The number of carbonyl (C=O) groups excluding carboxylic acids is 3. The fraction of sp³-hybridized carbons (Fsp3) is 0.611. The van der Waals surface area contributed by atoms with Gasteiger partial charge in [-0.25, -0.2) is 9.78 Å². The van der Waals surface area contributed by atoms with Crippen LogP contribution in [0.2, 0.25) is 5.02 Å². The van der Waals surface area contributed by atoms with Crippen LogP contribution in [0.3, 0.4) is 0 Å². The summed E-state index contributed by atoms with van der Waals surface area (Å²) in [4.78, 5) is 48.6. The van der Waals surface area contributed by atoms with Crippen molar-refractivity contribution in [3.8, 4) is 11.5 Å². The highest BCUT2D eigenvalue weighted by atomic mass is 35.5. The number of aromatic nitrogens is 3. The molecule has 4 heterocycles. The zero-order valence-electron chi connectivity index (χ0n) is 30.3. The summed E-state index contributed by atoms with van der Waals surface area (Å²) in [5, 5.41) is 13.5. The van der Waals surface area contributed by atoms with Crippen molar-refractivity contribution >= 4 is 63.5 Å². The van der Waals surface area contributed by atoms with Gasteiger partial charge in [-0.3, -0.25) is 14.5 Å². The largest absolute Gasteiger partial charge is 0.491 e. The molecule has 0 unspecified atom stereocenters. The monoisotopic (exact) mass is 787 g/mol. The molecule has 14 nitrogen and oxygen atoms in total. The molecule has 0 spiro atoms. The number of alkyl carbamates (subject to hydrolysis) is 1. The van der Waals surface area contributed by atoms with Crippen molar-refractivity contribution in [2.75, 3.05) is 46.0 Å². The summed E-state index contributed by atoms with van der Waals surface area (Å²) in [5.74, 6) is 1.16. The number of aryl methyl sites for hydroxylation is 1. The Kier molecular flexibility index (Phi) is 11.2. The third kappa shape index (κ3) is 8.93. The molecule has 1 aromatic carbocycles. The number of nitrogens with two attached hydrogens (primary N) is 1. The first-order valence-electron chi connectivity index (χ1n) is 18.1. The zero-order valence-corrected chi connectivity index (χ0v) is 32.7. The third-order valence-electron chi connectivity index (χ3n) is 10.3. The Labute approximate surface area is 321 Å². The maximum Gasteiger partial charge on any atom is 0.408 e. The molecule has 3 aromatic rings. The Morgan fingerprint density at radius 1 is 1.09 bits per heavy atom. The summed E-state index contributed by atoms with van der Waals surface area (Å²) < 4.78 is 24.6. The fourth-order valence-electron chi connectivity index (χ4n) is 7.42. The molecule has 2 saturated carbocycles. The summed E-state index contributed by atoms with van der Waals surface area (Å²) in [5.41, 5.74) is 5.66. The smallest absolute Gasteiger partial charge is 0.408 e. The summed E-state index contributed by atoms with van der Waals surface area (Å²) >= 11 is 9.74. The molecule has 0 radical (unpaired) electrons. The molecule has 6 atom stereocenters. The molecule has 4 aliphatic rings. The van der Waals surface area contributed by atoms with Crippen molar-refractivity contribution in [1.29, 1.82) is 0 Å². The Morgan fingerprint density at radius 3 is 2.53 bits per heavy atom. The van der Waals surface area contributed by atoms with Gasteiger partial charge >= 0.3 is 6.09 Å². The van der Waals surface area contributed by atoms with E-state index in [2.05, 4.69) is 20.4 Å². The first-order valence-corrected chi connectivity index (χ1v) is 20.1. The highest BCUT2D eigenvalue weighted by molar-refractivity contribution is 8.01. The number of primary amides is 1. The van der Waals surface area contributed by atoms with Crippen molar-refractivity contribution in [1.82, 2.24) is 30.3 Å². The van der Waals surface area contributed by atoms with E-state index >= 15 is 0 Å². The number of fused-ring (bicyclic) bond motifs is 2. The summed E-state index contributed by atoms with van der Waals surface area (Å²) in [6.45, 7) is 11.8. The van der Waals surface area contributed by atoms with Crippen LogP contribution >= 0.6 is 34.7 Å². The summed E-state index contributed by atoms with van der Waals surface area (Å²) in [6.07, 6.45) is 1.70. The van der Waals surface area contributed by atoms with Crippen LogP contribution in [0.25, 0.3) is 10.9 Å². The molecule has 2 saturated heterocycles. The Bertz CT molecular complexity index is 1840. The van der Waals surface area contributed by atoms with Gasteiger partial charge in [-0.05, 0) is 67.3 Å². The lowest BCUT2D eigenvalue weighted by atomic mass is 9.85. The van der Waals surface area contributed by atoms with Gasteiger partial charge in [0.2, 0.25) is 11.8 Å². The number of carbonyl (C=O) groups is 3. The van der Waals surface area contributed by atoms with Crippen molar-refractivity contribution in [2.24, 2.45) is 23.0 Å². The van der Waals surface area contributed by atoms with Crippen LogP contribution in [-0.2, 0) is 19.1 Å². The van der Waals surface area contributed by atoms with Crippen LogP contribution in [0.5, 0.6) is 11.5 Å². The minimum Gasteiger partial charge on any atom is -0.491 e. The molecule has 2 aliphatic carbocycles. The molecular weight excluding hydrogens is 742 g/mol. The minimum atomic E-state index is -0.966. The average Bonchev–Trinajstić information content (AvgIpc) is 3.39. The lowest BCUT2D eigenvalue weighted by Gasteiger charge is -2.35. The van der Waals surface area contributed by atoms with E-state index in [0.717, 1.165) is 37.5 Å². The number of rotatable bonds is 12. The number of ether oxygens (including phenoxy) is 4. The normalized spacial score (nSPS) is 24.8. The van der Waals surface area contributed by atoms with E-state index in [9.17, 15) is 14.4 Å². The Morgan fingerprint density at radius 2 is 1.85 bits per heavy atom. The number of likely N-dealkylation sites (tertiary alicyclic amines) is 1. The van der Waals surface area contributed by atoms with E-state index in [-0.39, 0.29) is 19.1 Å². The average molecular weight is 788 g/mol. The van der Waals surface area contributed by atoms with Crippen LogP contribution in [0.15, 0.2) is 27.6 Å². The molecule has 3 amide bonds. The summed E-state index contributed by atoms with van der Waals surface area (Å²) in [6, 6.07) is 3.53. The highest BCUT2D eigenvalue weighted by Crippen LogP contribution is 2.52. The molecule has 17 heteroatoms. The second kappa shape index (κ2) is 15.7. The van der Waals surface area contributed by atoms with Crippen LogP contribution < -0.4 is 20.5 Å². The number of morpholine rings is 1. The molecule has 0 bridgehead atoms. The van der Waals surface area contributed by atoms with E-state index in [1.54, 1.807) is 12.1 Å². The van der Waals surface area contributed by atoms with E-state index in [4.69, 9.17) is 41.3 Å². The maximum absolute atomic E-state index is 14.2. The highest BCUT2D eigenvalue weighted by Gasteiger charge is 2.48. The molecule has 2 aliphatic heterocycles. The third-order valence-corrected chi connectivity index (χ3v) is 12.5. The standard InChI is InChI=1S/C36H46ClN7O7S2/c1-19-41-42-35(52-19)53-28-17-27(24-5-6-26(29(37)30(24)39-28)49-12-9-43-7-10-48-11-8-43)50-23-16-25(32(38)45)44(18-23)33(46)31(36(2,3)4)40-34(47)51-22-14-20-13-21(20)15-22/h5-6,17,20-23,25,31H,7-16,18H2,1-4H3,(H2,38,45)(H,40,47)/t20-,21+,22+,23-,25+,31-/m1/s1. The summed E-state index contributed by atoms with van der Waals surface area (Å²) in [7, 11) is 0. The van der Waals surface area contributed by atoms with Crippen molar-refractivity contribution in [3.05, 3.63) is 28.2 Å². The zero-order chi connectivity index (χ0) is 37.4. The Balaban J connectivity index is 1.11. The maximum atomic E-state index is 14.2. The number of nitrogens with zero attached hydrogens (tertiary/aromatic N) is 5. The number of hydrogen-bond donors (Lipinski definition) is 2. The quantitative estimate of drug-likeness (QED) is 0.260. The van der Waals surface area contributed by atoms with E-state index in [1.165, 1.54) is 34.4 Å². The first-order chi connectivity index (χ1) is 25.3. The lowest BCUT2D eigenvalue weighted by molar-refractivity contribution is -0.141. The second-order valence-electron chi connectivity index (χ2n) is 15.3. The number of halogens is 1. The van der Waals surface area contributed by atoms with Gasteiger partial charge in [0, 0.05) is 37.5 Å². The van der Waals surface area contributed by atoms with Gasteiger partial charge in [0.05, 0.1) is 25.3 Å². The van der Waals surface area contributed by atoms with Crippen LogP contribution in [0.1, 0.15) is 51.5 Å². The predicted octanol–water partition coefficient (Wildman–Crippen LogP) is 4.68. The van der Waals surface area contributed by atoms with Gasteiger partial charge in [-0.2, -0.15) is 0 Å². The van der Waals surface area contributed by atoms with Gasteiger partial charge in [0.1, 0.15) is 57.5 Å². The van der Waals surface area contributed by atoms with Crippen LogP contribution in [-0.4, -0.2) is 113 Å². The SMILES string of the molecule is Cc1nnc(Sc2cc(O[C@@H]3C[C@@H](C(N)=O)N(C(=O)[C@@H](NC(=O)O[C@@H]4C[C@@H]5C[C@@H]5C4)C(C)(C)C)C3)c3ccc(OCCN4CCOCC4)c(Cl)c3n2)s1. The first kappa shape index (κ1) is 37.9. The topological polar surface area (TPSA) is 171 Å². The molecule has 53 heavy (non-hydrogen) atoms. The minimum absolute atomic E-state index is 0.0695. The van der Waals surface area contributed by atoms with Crippen molar-refractivity contribution in [2.45, 2.75) is 87.0 Å². The number of nitrogens with one attached hydrogen (secondary N) is 1. The number of amides is 3. The Hall–Kier alpha value is -3.44. The van der Waals surface area contributed by atoms with Gasteiger partial charge in [-0.15, -0.1) is 10.2 Å². The van der Waals surface area contributed by atoms with Gasteiger partial charge in [0.15, 0.2) is 4.34 Å². The second-order valence-corrected chi connectivity index (χ2v) is 18.1. The molecule has 4 fully saturated rings. The van der Waals surface area contributed by atoms with Crippen molar-refractivity contribution < 1.29 is 33.3 Å². The fourth-order valence-corrected chi connectivity index (χ4v) is 9.44. The van der Waals surface area contributed by atoms with Crippen molar-refractivity contribution in [3.63, 3.8) is 0 Å². The van der Waals surface area contributed by atoms with Gasteiger partial charge in [-0.1, -0.05) is 43.7 Å². The van der Waals surface area contributed by atoms with Gasteiger partial charge in [0.25, 0.3) is 0 Å². The van der Waals surface area contributed by atoms with E-state index < -0.39 is 41.5 Å². The number of pyridine rings is 1. The molecule has 7 rings (SSSR count). The molecule has 2 aromatic heterocycles. The number of benzene rings is 1. The van der Waals surface area contributed by atoms with Gasteiger partial charge < -0.3 is 34.9 Å². The van der Waals surface area contributed by atoms with E-state index in [0.29, 0.717) is 68.4 Å². The van der Waals surface area contributed by atoms with Crippen LogP contribution in [0, 0.1) is 24.2 Å². The molecule has 286 valence electrons. The molecule has 3 N–H and O–H groups in total. The van der Waals surface area contributed by atoms with Crippen LogP contribution in [0.4, 0.5) is 4.79 Å². The predicted molar refractivity (Wildman–Crippen MR) is 199 cm³/mol.